The molecule has 0 aromatic heterocycles. The van der Waals surface area contributed by atoms with Gasteiger partial charge in [0, 0.05) is 0 Å². The van der Waals surface area contributed by atoms with Gasteiger partial charge in [0.05, 0.1) is 0 Å². The summed E-state index contributed by atoms with van der Waals surface area (Å²) in [6, 6.07) is 15.2. The number of aryl methyl sites for hydroxylation is 1. The minimum atomic E-state index is 1.19. The van der Waals surface area contributed by atoms with Crippen LogP contribution in [-0.2, 0) is 16.0 Å². The van der Waals surface area contributed by atoms with Crippen LogP contribution in [0.1, 0.15) is 18.9 Å². The zero-order valence-electron chi connectivity index (χ0n) is 10.2. The summed E-state index contributed by atoms with van der Waals surface area (Å²) in [7, 11) is 0. The molecule has 0 aliphatic heterocycles. The molecule has 0 unspecified atom stereocenters. The number of hydrogen-bond donors (Lipinski definition) is 0. The van der Waals surface area contributed by atoms with E-state index >= 15 is 0 Å². The zero-order valence-corrected chi connectivity index (χ0v) is 10.2. The average Bonchev–Trinajstić information content (AvgIpc) is 2.43. The van der Waals surface area contributed by atoms with Crippen LogP contribution in [0.25, 0.3) is 10.8 Å². The van der Waals surface area contributed by atoms with Gasteiger partial charge >= 0.3 is 0 Å². The smallest absolute Gasteiger partial charge is 0.106 e. The molecule has 0 aliphatic carbocycles. The van der Waals surface area contributed by atoms with Gasteiger partial charge in [-0.15, -0.1) is 0 Å². The topological polar surface area (TPSA) is 34.1 Å². The Kier molecular flexibility index (Phi) is 8.21. The maximum Gasteiger partial charge on any atom is 0.106 e. The fraction of sp³-hybridized carbons (Fsp3) is 0.200. The molecule has 17 heavy (non-hydrogen) atoms. The molecule has 0 fully saturated rings. The van der Waals surface area contributed by atoms with Gasteiger partial charge in [-0.1, -0.05) is 55.8 Å². The predicted octanol–water partition coefficient (Wildman–Crippen LogP) is 3.42. The lowest BCUT2D eigenvalue weighted by atomic mass is 10.0. The highest BCUT2D eigenvalue weighted by Gasteiger charge is 1.93. The number of rotatable bonds is 2. The molecule has 0 radical (unpaired) electrons. The van der Waals surface area contributed by atoms with Crippen LogP contribution in [0.3, 0.4) is 0 Å². The first-order valence-corrected chi connectivity index (χ1v) is 5.45. The van der Waals surface area contributed by atoms with Gasteiger partial charge in [-0.25, -0.2) is 0 Å². The van der Waals surface area contributed by atoms with Gasteiger partial charge in [0.2, 0.25) is 0 Å². The molecule has 0 saturated carbocycles. The molecule has 2 nitrogen and oxygen atoms in total. The van der Waals surface area contributed by atoms with Crippen molar-refractivity contribution in [1.29, 1.82) is 0 Å². The van der Waals surface area contributed by atoms with E-state index in [9.17, 15) is 0 Å². The number of hydrogen-bond acceptors (Lipinski definition) is 2. The van der Waals surface area contributed by atoms with Crippen LogP contribution in [0.15, 0.2) is 42.5 Å². The molecule has 2 aromatic carbocycles. The molecule has 2 heteroatoms. The second-order valence-corrected chi connectivity index (χ2v) is 3.43. The Morgan fingerprint density at radius 1 is 0.882 bits per heavy atom. The third-order valence-electron chi connectivity index (χ3n) is 2.35. The van der Waals surface area contributed by atoms with Crippen molar-refractivity contribution >= 4 is 24.4 Å². The highest BCUT2D eigenvalue weighted by molar-refractivity contribution is 5.82. The molecular formula is C15H18O2. The van der Waals surface area contributed by atoms with E-state index in [2.05, 4.69) is 49.4 Å². The summed E-state index contributed by atoms with van der Waals surface area (Å²) in [4.78, 5) is 16.0. The van der Waals surface area contributed by atoms with Crippen molar-refractivity contribution in [2.24, 2.45) is 0 Å². The van der Waals surface area contributed by atoms with Crippen LogP contribution in [0, 0.1) is 0 Å². The highest BCUT2D eigenvalue weighted by atomic mass is 16.1. The predicted molar refractivity (Wildman–Crippen MR) is 72.2 cm³/mol. The minimum Gasteiger partial charge on any atom is -0.307 e. The van der Waals surface area contributed by atoms with Crippen molar-refractivity contribution in [3.8, 4) is 0 Å². The lowest BCUT2D eigenvalue weighted by molar-refractivity contribution is -0.0987. The number of carbonyl (C=O) groups excluding carboxylic acids is 2. The van der Waals surface area contributed by atoms with Crippen molar-refractivity contribution in [3.05, 3.63) is 48.0 Å². The Hall–Kier alpha value is -1.96. The second kappa shape index (κ2) is 9.28. The normalized spacial score (nSPS) is 8.53. The van der Waals surface area contributed by atoms with E-state index in [4.69, 9.17) is 9.59 Å². The Balaban J connectivity index is 0.000000581. The van der Waals surface area contributed by atoms with Gasteiger partial charge < -0.3 is 9.59 Å². The first-order valence-electron chi connectivity index (χ1n) is 5.45. The van der Waals surface area contributed by atoms with Crippen LogP contribution in [0.4, 0.5) is 0 Å². The van der Waals surface area contributed by atoms with Crippen molar-refractivity contribution in [2.45, 2.75) is 19.8 Å². The highest BCUT2D eigenvalue weighted by Crippen LogP contribution is 2.16. The van der Waals surface area contributed by atoms with Gasteiger partial charge in [-0.05, 0) is 22.8 Å². The van der Waals surface area contributed by atoms with Crippen molar-refractivity contribution in [3.63, 3.8) is 0 Å². The van der Waals surface area contributed by atoms with Crippen LogP contribution < -0.4 is 0 Å². The molecular weight excluding hydrogens is 212 g/mol. The zero-order chi connectivity index (χ0) is 13.1. The summed E-state index contributed by atoms with van der Waals surface area (Å²) in [5.74, 6) is 0. The van der Waals surface area contributed by atoms with Crippen LogP contribution in [0.2, 0.25) is 0 Å². The Bertz CT molecular complexity index is 436. The van der Waals surface area contributed by atoms with Gasteiger partial charge in [0.15, 0.2) is 0 Å². The first-order chi connectivity index (χ1) is 8.40. The summed E-state index contributed by atoms with van der Waals surface area (Å²) in [6.45, 7) is 6.22. The fourth-order valence-corrected chi connectivity index (χ4v) is 1.68. The monoisotopic (exact) mass is 230 g/mol. The molecule has 2 aromatic rings. The molecule has 0 aliphatic rings. The van der Waals surface area contributed by atoms with E-state index in [-0.39, 0.29) is 0 Å². The lowest BCUT2D eigenvalue weighted by Gasteiger charge is -2.01. The van der Waals surface area contributed by atoms with Gasteiger partial charge in [0.1, 0.15) is 13.6 Å². The summed E-state index contributed by atoms with van der Waals surface area (Å²) >= 11 is 0. The summed E-state index contributed by atoms with van der Waals surface area (Å²) in [6.07, 6.45) is 2.41. The summed E-state index contributed by atoms with van der Waals surface area (Å²) in [5, 5.41) is 2.69. The molecule has 0 spiro atoms. The van der Waals surface area contributed by atoms with E-state index in [1.807, 2.05) is 13.6 Å². The molecule has 90 valence electrons. The quantitative estimate of drug-likeness (QED) is 0.792. The van der Waals surface area contributed by atoms with Crippen LogP contribution in [0.5, 0.6) is 0 Å². The number of carbonyl (C=O) groups is 2. The second-order valence-electron chi connectivity index (χ2n) is 3.43. The van der Waals surface area contributed by atoms with Gasteiger partial charge in [-0.3, -0.25) is 0 Å². The van der Waals surface area contributed by atoms with Crippen molar-refractivity contribution in [1.82, 2.24) is 0 Å². The molecule has 0 N–H and O–H groups in total. The lowest BCUT2D eigenvalue weighted by Crippen LogP contribution is -1.82. The fourth-order valence-electron chi connectivity index (χ4n) is 1.68. The third kappa shape index (κ3) is 4.60. The molecule has 0 bridgehead atoms. The number of benzene rings is 2. The molecule has 2 rings (SSSR count). The van der Waals surface area contributed by atoms with Crippen LogP contribution in [-0.4, -0.2) is 13.6 Å². The van der Waals surface area contributed by atoms with Crippen molar-refractivity contribution < 1.29 is 9.59 Å². The van der Waals surface area contributed by atoms with E-state index in [1.165, 1.54) is 29.2 Å². The number of fused-ring (bicyclic) bond motifs is 1. The third-order valence-corrected chi connectivity index (χ3v) is 2.35. The van der Waals surface area contributed by atoms with Crippen LogP contribution >= 0.6 is 0 Å². The standard InChI is InChI=1S/C13H14.2CH2O/c1-2-5-11-8-9-12-6-3-4-7-13(12)10-11;2*1-2/h3-4,6-10H,2,5H2,1H3;2*1H2. The van der Waals surface area contributed by atoms with Gasteiger partial charge in [-0.2, -0.15) is 0 Å². The van der Waals surface area contributed by atoms with E-state index in [0.717, 1.165) is 0 Å². The summed E-state index contributed by atoms with van der Waals surface area (Å²) < 4.78 is 0. The minimum absolute atomic E-state index is 1.19. The molecule has 0 heterocycles. The Morgan fingerprint density at radius 3 is 2.06 bits per heavy atom. The molecule has 0 atom stereocenters. The Morgan fingerprint density at radius 2 is 1.47 bits per heavy atom. The average molecular weight is 230 g/mol. The molecule has 0 saturated heterocycles. The molecule has 0 amide bonds. The summed E-state index contributed by atoms with van der Waals surface area (Å²) in [5.41, 5.74) is 1.45. The van der Waals surface area contributed by atoms with Crippen molar-refractivity contribution in [2.75, 3.05) is 0 Å². The maximum absolute atomic E-state index is 8.00. The largest absolute Gasteiger partial charge is 0.307 e. The van der Waals surface area contributed by atoms with E-state index in [0.29, 0.717) is 0 Å². The van der Waals surface area contributed by atoms with Gasteiger partial charge in [0.25, 0.3) is 0 Å². The van der Waals surface area contributed by atoms with E-state index in [1.54, 1.807) is 0 Å². The maximum atomic E-state index is 8.00. The first kappa shape index (κ1) is 15.0. The Labute approximate surface area is 102 Å². The van der Waals surface area contributed by atoms with E-state index < -0.39 is 0 Å². The SMILES string of the molecule is C=O.C=O.CCCc1ccc2ccccc2c1.